The molecule has 0 radical (unpaired) electrons. The van der Waals surface area contributed by atoms with E-state index in [1.54, 1.807) is 20.8 Å². The monoisotopic (exact) mass is 392 g/mol. The van der Waals surface area contributed by atoms with Gasteiger partial charge < -0.3 is 25.7 Å². The predicted molar refractivity (Wildman–Crippen MR) is 96.0 cm³/mol. The molecule has 5 N–H and O–H groups in total. The van der Waals surface area contributed by atoms with Crippen LogP contribution in [0.1, 0.15) is 51.8 Å². The van der Waals surface area contributed by atoms with Crippen LogP contribution >= 0.6 is 0 Å². The van der Waals surface area contributed by atoms with Crippen molar-refractivity contribution >= 4 is 23.7 Å². The molecule has 0 fully saturated rings. The minimum Gasteiger partial charge on any atom is -0.478 e. The molecule has 0 saturated heterocycles. The van der Waals surface area contributed by atoms with Crippen molar-refractivity contribution in [1.29, 1.82) is 0 Å². The molecule has 0 unspecified atom stereocenters. The summed E-state index contributed by atoms with van der Waals surface area (Å²) >= 11 is 0. The van der Waals surface area contributed by atoms with Crippen LogP contribution in [0.5, 0.6) is 0 Å². The standard InChI is InChI=1S/C18H17FN2O7/c1-18(2,3)28-17(27)7-4-5-8(9(19)6-7)10-11(15(23)24)13(20)21-14(22)12(10)16(25)26/h4-6H,1-3H3,(H,23,24)(H,25,26)(H3,20,21,22). The summed E-state index contributed by atoms with van der Waals surface area (Å²) in [4.78, 5) is 49.0. The first-order valence-electron chi connectivity index (χ1n) is 7.89. The summed E-state index contributed by atoms with van der Waals surface area (Å²) in [7, 11) is 0. The number of aromatic nitrogens is 1. The first-order chi connectivity index (χ1) is 12.8. The lowest BCUT2D eigenvalue weighted by molar-refractivity contribution is 0.00686. The van der Waals surface area contributed by atoms with E-state index in [2.05, 4.69) is 0 Å². The van der Waals surface area contributed by atoms with Crippen LogP contribution in [0.25, 0.3) is 11.1 Å². The number of aromatic carboxylic acids is 2. The van der Waals surface area contributed by atoms with Crippen molar-refractivity contribution in [2.24, 2.45) is 0 Å². The van der Waals surface area contributed by atoms with E-state index in [4.69, 9.17) is 10.5 Å². The summed E-state index contributed by atoms with van der Waals surface area (Å²) < 4.78 is 19.9. The van der Waals surface area contributed by atoms with Crippen molar-refractivity contribution in [1.82, 2.24) is 4.98 Å². The smallest absolute Gasteiger partial charge is 0.342 e. The number of nitrogen functional groups attached to an aromatic ring is 1. The van der Waals surface area contributed by atoms with Gasteiger partial charge in [0.05, 0.1) is 5.56 Å². The number of benzene rings is 1. The van der Waals surface area contributed by atoms with Crippen LogP contribution in [0.15, 0.2) is 23.0 Å². The SMILES string of the molecule is CC(C)(C)OC(=O)c1ccc(-c2c(C(=O)O)c(N)[nH]c(=O)c2C(=O)O)c(F)c1. The number of ether oxygens (including phenoxy) is 1. The fourth-order valence-corrected chi connectivity index (χ4v) is 2.50. The maximum atomic E-state index is 14.7. The zero-order valence-electron chi connectivity index (χ0n) is 15.1. The average Bonchev–Trinajstić information content (AvgIpc) is 2.51. The van der Waals surface area contributed by atoms with Gasteiger partial charge in [0.2, 0.25) is 0 Å². The molecule has 9 nitrogen and oxygen atoms in total. The molecule has 28 heavy (non-hydrogen) atoms. The molecule has 0 atom stereocenters. The molecule has 0 saturated carbocycles. The van der Waals surface area contributed by atoms with Gasteiger partial charge in [-0.3, -0.25) is 4.79 Å². The zero-order valence-corrected chi connectivity index (χ0v) is 15.1. The van der Waals surface area contributed by atoms with Crippen LogP contribution in [-0.4, -0.2) is 38.7 Å². The number of halogens is 1. The first kappa shape index (κ1) is 20.6. The van der Waals surface area contributed by atoms with Crippen molar-refractivity contribution in [3.63, 3.8) is 0 Å². The van der Waals surface area contributed by atoms with Gasteiger partial charge in [-0.15, -0.1) is 0 Å². The molecule has 1 heterocycles. The molecule has 2 rings (SSSR count). The molecule has 148 valence electrons. The molecular weight excluding hydrogens is 375 g/mol. The van der Waals surface area contributed by atoms with Crippen LogP contribution in [0.2, 0.25) is 0 Å². The molecule has 0 aliphatic carbocycles. The predicted octanol–water partition coefficient (Wildman–Crippen LogP) is 2.11. The molecule has 10 heteroatoms. The number of carbonyl (C=O) groups is 3. The Bertz CT molecular complexity index is 1050. The number of rotatable bonds is 4. The molecule has 1 aromatic carbocycles. The van der Waals surface area contributed by atoms with E-state index in [9.17, 15) is 33.8 Å². The number of carbonyl (C=O) groups excluding carboxylic acids is 1. The van der Waals surface area contributed by atoms with Crippen LogP contribution < -0.4 is 11.3 Å². The van der Waals surface area contributed by atoms with Crippen molar-refractivity contribution < 1.29 is 33.7 Å². The molecule has 1 aromatic heterocycles. The summed E-state index contributed by atoms with van der Waals surface area (Å²) in [5, 5.41) is 18.7. The second kappa shape index (κ2) is 7.14. The van der Waals surface area contributed by atoms with Crippen molar-refractivity contribution in [3.05, 3.63) is 51.1 Å². The Labute approximate surface area is 157 Å². The third-order valence-electron chi connectivity index (χ3n) is 3.55. The third-order valence-corrected chi connectivity index (χ3v) is 3.55. The lowest BCUT2D eigenvalue weighted by atomic mass is 9.94. The van der Waals surface area contributed by atoms with Gasteiger partial charge in [0.1, 0.15) is 28.4 Å². The summed E-state index contributed by atoms with van der Waals surface area (Å²) in [5.41, 5.74) is 0.316. The second-order valence-corrected chi connectivity index (χ2v) is 6.80. The summed E-state index contributed by atoms with van der Waals surface area (Å²) in [5.74, 6) is -6.02. The lowest BCUT2D eigenvalue weighted by Gasteiger charge is -2.19. The topological polar surface area (TPSA) is 160 Å². The van der Waals surface area contributed by atoms with Crippen molar-refractivity contribution in [2.75, 3.05) is 5.73 Å². The number of pyridine rings is 1. The highest BCUT2D eigenvalue weighted by atomic mass is 19.1. The maximum absolute atomic E-state index is 14.7. The number of aromatic amines is 1. The molecule has 0 aliphatic heterocycles. The minimum absolute atomic E-state index is 0.178. The molecular formula is C18H17FN2O7. The molecule has 0 aliphatic rings. The Hall–Kier alpha value is -3.69. The average molecular weight is 392 g/mol. The normalized spacial score (nSPS) is 11.1. The van der Waals surface area contributed by atoms with E-state index in [1.807, 2.05) is 4.98 Å². The Morgan fingerprint density at radius 3 is 2.14 bits per heavy atom. The van der Waals surface area contributed by atoms with Gasteiger partial charge in [0, 0.05) is 11.1 Å². The minimum atomic E-state index is -1.77. The van der Waals surface area contributed by atoms with E-state index < -0.39 is 63.0 Å². The number of hydrogen-bond acceptors (Lipinski definition) is 6. The fourth-order valence-electron chi connectivity index (χ4n) is 2.50. The van der Waals surface area contributed by atoms with Gasteiger partial charge in [-0.2, -0.15) is 0 Å². The van der Waals surface area contributed by atoms with Crippen LogP contribution in [-0.2, 0) is 4.74 Å². The highest BCUT2D eigenvalue weighted by Gasteiger charge is 2.29. The number of carboxylic acids is 2. The van der Waals surface area contributed by atoms with Gasteiger partial charge in [-0.05, 0) is 32.9 Å². The van der Waals surface area contributed by atoms with Crippen LogP contribution in [0.3, 0.4) is 0 Å². The number of hydrogen-bond donors (Lipinski definition) is 4. The molecule has 0 bridgehead atoms. The second-order valence-electron chi connectivity index (χ2n) is 6.80. The third kappa shape index (κ3) is 4.00. The summed E-state index contributed by atoms with van der Waals surface area (Å²) in [6, 6.07) is 2.88. The van der Waals surface area contributed by atoms with Crippen LogP contribution in [0.4, 0.5) is 10.2 Å². The van der Waals surface area contributed by atoms with Crippen LogP contribution in [0, 0.1) is 5.82 Å². The Morgan fingerprint density at radius 1 is 1.11 bits per heavy atom. The number of carboxylic acid groups (broad SMARTS) is 2. The van der Waals surface area contributed by atoms with Crippen molar-refractivity contribution in [2.45, 2.75) is 26.4 Å². The lowest BCUT2D eigenvalue weighted by Crippen LogP contribution is -2.25. The fraction of sp³-hybridized carbons (Fsp3) is 0.222. The number of H-pyrrole nitrogens is 1. The van der Waals surface area contributed by atoms with E-state index >= 15 is 0 Å². The summed E-state index contributed by atoms with van der Waals surface area (Å²) in [6.07, 6.45) is 0. The van der Waals surface area contributed by atoms with E-state index in [0.717, 1.165) is 18.2 Å². The molecule has 0 spiro atoms. The van der Waals surface area contributed by atoms with Gasteiger partial charge in [0.25, 0.3) is 5.56 Å². The van der Waals surface area contributed by atoms with Gasteiger partial charge >= 0.3 is 17.9 Å². The van der Waals surface area contributed by atoms with Gasteiger partial charge in [-0.25, -0.2) is 18.8 Å². The molecule has 0 amide bonds. The number of nitrogens with two attached hydrogens (primary N) is 1. The first-order valence-corrected chi connectivity index (χ1v) is 7.89. The van der Waals surface area contributed by atoms with E-state index in [-0.39, 0.29) is 5.56 Å². The highest BCUT2D eigenvalue weighted by Crippen LogP contribution is 2.32. The number of esters is 1. The Morgan fingerprint density at radius 2 is 1.68 bits per heavy atom. The maximum Gasteiger partial charge on any atom is 0.342 e. The number of anilines is 1. The summed E-state index contributed by atoms with van der Waals surface area (Å²) in [6.45, 7) is 4.85. The Balaban J connectivity index is 2.75. The largest absolute Gasteiger partial charge is 0.478 e. The van der Waals surface area contributed by atoms with Crippen molar-refractivity contribution in [3.8, 4) is 11.1 Å². The highest BCUT2D eigenvalue weighted by molar-refractivity contribution is 6.07. The number of nitrogens with one attached hydrogen (secondary N) is 1. The Kier molecular flexibility index (Phi) is 5.26. The zero-order chi connectivity index (χ0) is 21.4. The quantitative estimate of drug-likeness (QED) is 0.576. The van der Waals surface area contributed by atoms with Gasteiger partial charge in [0.15, 0.2) is 0 Å². The van der Waals surface area contributed by atoms with E-state index in [0.29, 0.717) is 0 Å². The van der Waals surface area contributed by atoms with Gasteiger partial charge in [-0.1, -0.05) is 6.07 Å². The molecule has 2 aromatic rings. The van der Waals surface area contributed by atoms with E-state index in [1.165, 1.54) is 0 Å².